The molecule has 1 unspecified atom stereocenters. The Labute approximate surface area is 137 Å². The van der Waals surface area contributed by atoms with Crippen LogP contribution >= 0.6 is 0 Å². The first-order chi connectivity index (χ1) is 11.1. The van der Waals surface area contributed by atoms with Crippen molar-refractivity contribution in [1.82, 2.24) is 15.5 Å². The number of hydrogen-bond donors (Lipinski definition) is 1. The second kappa shape index (κ2) is 6.78. The van der Waals surface area contributed by atoms with E-state index in [1.54, 1.807) is 19.9 Å². The zero-order valence-electron chi connectivity index (χ0n) is 14.0. The van der Waals surface area contributed by atoms with E-state index in [1.165, 1.54) is 0 Å². The first-order valence-corrected chi connectivity index (χ1v) is 7.77. The fourth-order valence-electron chi connectivity index (χ4n) is 2.43. The van der Waals surface area contributed by atoms with Gasteiger partial charge in [-0.05, 0) is 25.3 Å². The van der Waals surface area contributed by atoms with Crippen molar-refractivity contribution in [2.24, 2.45) is 0 Å². The molecule has 1 atom stereocenters. The Kier molecular flexibility index (Phi) is 5.15. The largest absolute Gasteiger partial charge is 0.391 e. The number of halogens is 3. The number of alkyl halides is 3. The first-order valence-electron chi connectivity index (χ1n) is 7.77. The van der Waals surface area contributed by atoms with Crippen molar-refractivity contribution in [1.29, 1.82) is 0 Å². The van der Waals surface area contributed by atoms with Gasteiger partial charge in [0.25, 0.3) is 11.6 Å². The molecule has 2 rings (SSSR count). The van der Waals surface area contributed by atoms with Gasteiger partial charge in [0, 0.05) is 11.7 Å². The van der Waals surface area contributed by atoms with Crippen LogP contribution in [0.4, 0.5) is 13.2 Å². The lowest BCUT2D eigenvalue weighted by atomic mass is 10.0. The second-order valence-electron chi connectivity index (χ2n) is 6.10. The molecule has 0 aliphatic heterocycles. The number of hydrogen-bond acceptors (Lipinski definition) is 4. The Hall–Kier alpha value is -2.12. The number of fused-ring (bicyclic) bond motifs is 1. The molecule has 0 aliphatic rings. The van der Waals surface area contributed by atoms with Gasteiger partial charge in [0.2, 0.25) is 0 Å². The summed E-state index contributed by atoms with van der Waals surface area (Å²) in [6.45, 7) is 7.06. The monoisotopic (exact) mass is 343 g/mol. The lowest BCUT2D eigenvalue weighted by molar-refractivity contribution is -0.139. The van der Waals surface area contributed by atoms with Gasteiger partial charge < -0.3 is 9.84 Å². The van der Waals surface area contributed by atoms with Gasteiger partial charge in [-0.3, -0.25) is 4.79 Å². The zero-order chi connectivity index (χ0) is 18.1. The lowest BCUT2D eigenvalue weighted by Crippen LogP contribution is -2.37. The van der Waals surface area contributed by atoms with Crippen LogP contribution in [0, 0.1) is 6.92 Å². The van der Waals surface area contributed by atoms with E-state index in [2.05, 4.69) is 15.5 Å². The molecule has 0 saturated heterocycles. The molecule has 0 aliphatic carbocycles. The number of nitrogens with one attached hydrogen (secondary N) is 1. The molecular weight excluding hydrogens is 323 g/mol. The molecule has 0 saturated carbocycles. The van der Waals surface area contributed by atoms with Gasteiger partial charge in [-0.2, -0.15) is 13.2 Å². The summed E-state index contributed by atoms with van der Waals surface area (Å²) in [7, 11) is 0. The maximum absolute atomic E-state index is 12.6. The number of rotatable bonds is 5. The molecule has 2 aromatic rings. The molecule has 1 amide bonds. The van der Waals surface area contributed by atoms with Crippen molar-refractivity contribution in [3.8, 4) is 0 Å². The van der Waals surface area contributed by atoms with Crippen molar-refractivity contribution in [3.05, 3.63) is 23.0 Å². The smallest absolute Gasteiger partial charge is 0.349 e. The Balaban J connectivity index is 2.39. The van der Waals surface area contributed by atoms with Crippen LogP contribution in [0.15, 0.2) is 10.6 Å². The van der Waals surface area contributed by atoms with Crippen LogP contribution in [-0.4, -0.2) is 28.3 Å². The van der Waals surface area contributed by atoms with Gasteiger partial charge in [0.1, 0.15) is 0 Å². The maximum Gasteiger partial charge on any atom is 0.391 e. The number of amides is 1. The average Bonchev–Trinajstić information content (AvgIpc) is 2.85. The summed E-state index contributed by atoms with van der Waals surface area (Å²) in [6, 6.07) is 0.607. The molecule has 1 N–H and O–H groups in total. The van der Waals surface area contributed by atoms with E-state index in [0.29, 0.717) is 16.8 Å². The zero-order valence-corrected chi connectivity index (χ0v) is 14.0. The van der Waals surface area contributed by atoms with Gasteiger partial charge in [-0.1, -0.05) is 25.9 Å². The number of aromatic nitrogens is 2. The number of pyridine rings is 1. The molecule has 0 aromatic carbocycles. The third-order valence-electron chi connectivity index (χ3n) is 3.78. The third kappa shape index (κ3) is 4.04. The number of nitrogens with zero attached hydrogens (tertiary/aromatic N) is 2. The summed E-state index contributed by atoms with van der Waals surface area (Å²) in [5.41, 5.74) is 1.55. The van der Waals surface area contributed by atoms with Crippen LogP contribution in [0.2, 0.25) is 0 Å². The van der Waals surface area contributed by atoms with E-state index in [1.807, 2.05) is 13.8 Å². The molecule has 0 radical (unpaired) electrons. The van der Waals surface area contributed by atoms with Crippen LogP contribution in [0.25, 0.3) is 11.1 Å². The van der Waals surface area contributed by atoms with Crippen molar-refractivity contribution < 1.29 is 22.5 Å². The van der Waals surface area contributed by atoms with Crippen molar-refractivity contribution in [2.75, 3.05) is 0 Å². The maximum atomic E-state index is 12.6. The quantitative estimate of drug-likeness (QED) is 0.887. The van der Waals surface area contributed by atoms with Crippen LogP contribution in [0.3, 0.4) is 0 Å². The van der Waals surface area contributed by atoms with Crippen LogP contribution in [-0.2, 0) is 0 Å². The SMILES string of the molecule is CCC(CC(F)(F)F)NC(=O)c1cc(C(C)C)nc2onc(C)c12. The van der Waals surface area contributed by atoms with Gasteiger partial charge in [0.15, 0.2) is 0 Å². The Bertz CT molecular complexity index is 738. The van der Waals surface area contributed by atoms with Crippen LogP contribution in [0.5, 0.6) is 0 Å². The molecule has 8 heteroatoms. The highest BCUT2D eigenvalue weighted by Gasteiger charge is 2.32. The standard InChI is InChI=1S/C16H20F3N3O2/c1-5-10(7-16(17,18)19)20-14(23)11-6-12(8(2)3)21-15-13(11)9(4)22-24-15/h6,8,10H,5,7H2,1-4H3,(H,20,23). The molecule has 0 spiro atoms. The molecule has 2 heterocycles. The number of carbonyl (C=O) groups is 1. The summed E-state index contributed by atoms with van der Waals surface area (Å²) >= 11 is 0. The van der Waals surface area contributed by atoms with Crippen LogP contribution < -0.4 is 5.32 Å². The van der Waals surface area contributed by atoms with E-state index in [4.69, 9.17) is 4.52 Å². The summed E-state index contributed by atoms with van der Waals surface area (Å²) in [5, 5.41) is 6.69. The Morgan fingerprint density at radius 2 is 2.04 bits per heavy atom. The van der Waals surface area contributed by atoms with E-state index in [-0.39, 0.29) is 23.6 Å². The molecule has 5 nitrogen and oxygen atoms in total. The number of aryl methyl sites for hydroxylation is 1. The van der Waals surface area contributed by atoms with Crippen LogP contribution in [0.1, 0.15) is 61.3 Å². The number of carbonyl (C=O) groups excluding carboxylic acids is 1. The molecule has 24 heavy (non-hydrogen) atoms. The minimum absolute atomic E-state index is 0.0310. The van der Waals surface area contributed by atoms with Crippen molar-refractivity contribution in [2.45, 2.75) is 58.7 Å². The van der Waals surface area contributed by atoms with Gasteiger partial charge >= 0.3 is 6.18 Å². The highest BCUT2D eigenvalue weighted by molar-refractivity contribution is 6.06. The molecule has 0 bridgehead atoms. The highest BCUT2D eigenvalue weighted by atomic mass is 19.4. The second-order valence-corrected chi connectivity index (χ2v) is 6.10. The van der Waals surface area contributed by atoms with E-state index < -0.39 is 24.5 Å². The average molecular weight is 343 g/mol. The molecule has 132 valence electrons. The molecule has 2 aromatic heterocycles. The predicted molar refractivity (Wildman–Crippen MR) is 82.8 cm³/mol. The summed E-state index contributed by atoms with van der Waals surface area (Å²) < 4.78 is 42.9. The Morgan fingerprint density at radius 3 is 2.58 bits per heavy atom. The summed E-state index contributed by atoms with van der Waals surface area (Å²) in [4.78, 5) is 16.9. The topological polar surface area (TPSA) is 68.0 Å². The van der Waals surface area contributed by atoms with E-state index >= 15 is 0 Å². The minimum Gasteiger partial charge on any atom is -0.349 e. The predicted octanol–water partition coefficient (Wildman–Crippen LogP) is 4.12. The van der Waals surface area contributed by atoms with E-state index in [0.717, 1.165) is 0 Å². The van der Waals surface area contributed by atoms with Crippen molar-refractivity contribution >= 4 is 17.0 Å². The summed E-state index contributed by atoms with van der Waals surface area (Å²) in [6.07, 6.45) is -5.22. The molecule has 0 fully saturated rings. The molecular formula is C16H20F3N3O2. The highest BCUT2D eigenvalue weighted by Crippen LogP contribution is 2.26. The van der Waals surface area contributed by atoms with Gasteiger partial charge in [0.05, 0.1) is 23.1 Å². The van der Waals surface area contributed by atoms with Crippen molar-refractivity contribution in [3.63, 3.8) is 0 Å². The van der Waals surface area contributed by atoms with E-state index in [9.17, 15) is 18.0 Å². The first kappa shape index (κ1) is 18.2. The minimum atomic E-state index is -4.34. The summed E-state index contributed by atoms with van der Waals surface area (Å²) in [5.74, 6) is -0.546. The fourth-order valence-corrected chi connectivity index (χ4v) is 2.43. The third-order valence-corrected chi connectivity index (χ3v) is 3.78. The Morgan fingerprint density at radius 1 is 1.38 bits per heavy atom. The fraction of sp³-hybridized carbons (Fsp3) is 0.562. The van der Waals surface area contributed by atoms with Gasteiger partial charge in [-0.15, -0.1) is 0 Å². The van der Waals surface area contributed by atoms with Gasteiger partial charge in [-0.25, -0.2) is 4.98 Å². The lowest BCUT2D eigenvalue weighted by Gasteiger charge is -2.19. The normalized spacial score (nSPS) is 13.5.